The molecule has 264 valence electrons. The molecule has 0 radical (unpaired) electrons. The molecule has 47 heavy (non-hydrogen) atoms. The third-order valence-electron chi connectivity index (χ3n) is 10.2. The number of ether oxygens (including phenoxy) is 3. The van der Waals surface area contributed by atoms with Crippen molar-refractivity contribution in [2.24, 2.45) is 11.8 Å². The summed E-state index contributed by atoms with van der Waals surface area (Å²) >= 11 is 0. The SMILES string of the molecule is CCOCCOCC[N+]12CCC(CC1)[C@@H](OC[C@@](O)(c1ccccc1)C1CCCC1)C2.CNC[C@H](O)c1ccc(O)c(NC=O)c1.Cl. The van der Waals surface area contributed by atoms with Gasteiger partial charge in [-0.3, -0.25) is 4.79 Å². The molecule has 0 aromatic heterocycles. The first-order valence-corrected chi connectivity index (χ1v) is 17.1. The molecule has 5 N–H and O–H groups in total. The summed E-state index contributed by atoms with van der Waals surface area (Å²) in [6, 6.07) is 14.8. The number of quaternary nitrogens is 1. The number of piperidine rings is 3. The molecule has 3 heterocycles. The Balaban J connectivity index is 0.000000318. The predicted molar refractivity (Wildman–Crippen MR) is 186 cm³/mol. The minimum Gasteiger partial charge on any atom is -0.506 e. The van der Waals surface area contributed by atoms with E-state index in [1.54, 1.807) is 13.1 Å². The molecule has 4 fully saturated rings. The lowest BCUT2D eigenvalue weighted by atomic mass is 9.80. The lowest BCUT2D eigenvalue weighted by Crippen LogP contribution is -2.65. The number of carbonyl (C=O) groups is 1. The van der Waals surface area contributed by atoms with Crippen LogP contribution in [-0.4, -0.2) is 105 Å². The molecular formula is C36H57ClN3O7+. The Morgan fingerprint density at radius 1 is 1.02 bits per heavy atom. The van der Waals surface area contributed by atoms with Crippen LogP contribution in [0.5, 0.6) is 5.75 Å². The number of carbonyl (C=O) groups excluding carboxylic acids is 1. The highest BCUT2D eigenvalue weighted by molar-refractivity contribution is 5.85. The molecule has 0 unspecified atom stereocenters. The fraction of sp³-hybridized carbons (Fsp3) is 0.639. The summed E-state index contributed by atoms with van der Waals surface area (Å²) in [4.78, 5) is 10.2. The average Bonchev–Trinajstić information content (AvgIpc) is 3.64. The van der Waals surface area contributed by atoms with Gasteiger partial charge in [0, 0.05) is 31.9 Å². The van der Waals surface area contributed by atoms with Crippen molar-refractivity contribution < 1.29 is 38.8 Å². The number of benzene rings is 2. The third kappa shape index (κ3) is 10.9. The Morgan fingerprint density at radius 2 is 1.72 bits per heavy atom. The van der Waals surface area contributed by atoms with Crippen LogP contribution in [-0.2, 0) is 24.6 Å². The van der Waals surface area contributed by atoms with Crippen molar-refractivity contribution in [1.29, 1.82) is 0 Å². The summed E-state index contributed by atoms with van der Waals surface area (Å²) in [7, 11) is 1.73. The molecule has 4 aliphatic rings. The van der Waals surface area contributed by atoms with Crippen LogP contribution in [0.2, 0.25) is 0 Å². The molecule has 1 saturated carbocycles. The first kappa shape index (κ1) is 39.2. The normalized spacial score (nSPS) is 24.0. The first-order valence-electron chi connectivity index (χ1n) is 17.1. The van der Waals surface area contributed by atoms with Gasteiger partial charge < -0.3 is 44.6 Å². The molecule has 1 aliphatic carbocycles. The fourth-order valence-corrected chi connectivity index (χ4v) is 7.40. The van der Waals surface area contributed by atoms with Crippen molar-refractivity contribution >= 4 is 24.5 Å². The number of hydrogen-bond acceptors (Lipinski definition) is 8. The number of anilines is 1. The van der Waals surface area contributed by atoms with Crippen LogP contribution in [0.1, 0.15) is 62.7 Å². The van der Waals surface area contributed by atoms with Gasteiger partial charge in [0.15, 0.2) is 0 Å². The van der Waals surface area contributed by atoms with E-state index in [1.165, 1.54) is 50.9 Å². The van der Waals surface area contributed by atoms with E-state index in [0.29, 0.717) is 50.2 Å². The second-order valence-corrected chi connectivity index (χ2v) is 13.1. The van der Waals surface area contributed by atoms with Crippen LogP contribution in [0, 0.1) is 11.8 Å². The number of phenolic OH excluding ortho intramolecular Hbond substituents is 1. The number of rotatable bonds is 17. The summed E-state index contributed by atoms with van der Waals surface area (Å²) in [6.07, 6.45) is 7.16. The summed E-state index contributed by atoms with van der Waals surface area (Å²) < 4.78 is 18.9. The van der Waals surface area contributed by atoms with Crippen LogP contribution in [0.4, 0.5) is 5.69 Å². The number of likely N-dealkylation sites (N-methyl/N-ethyl adjacent to an activating group) is 1. The zero-order valence-electron chi connectivity index (χ0n) is 28.1. The second-order valence-electron chi connectivity index (χ2n) is 13.1. The van der Waals surface area contributed by atoms with E-state index < -0.39 is 11.7 Å². The predicted octanol–water partition coefficient (Wildman–Crippen LogP) is 4.38. The molecule has 2 aromatic carbocycles. The molecule has 11 heteroatoms. The third-order valence-corrected chi connectivity index (χ3v) is 10.2. The van der Waals surface area contributed by atoms with Gasteiger partial charge in [-0.15, -0.1) is 12.4 Å². The van der Waals surface area contributed by atoms with Gasteiger partial charge in [0.25, 0.3) is 0 Å². The topological polar surface area (TPSA) is 130 Å². The van der Waals surface area contributed by atoms with Gasteiger partial charge in [-0.25, -0.2) is 0 Å². The van der Waals surface area contributed by atoms with Crippen molar-refractivity contribution in [3.8, 4) is 5.75 Å². The van der Waals surface area contributed by atoms with E-state index >= 15 is 0 Å². The number of aromatic hydroxyl groups is 1. The van der Waals surface area contributed by atoms with Crippen molar-refractivity contribution in [1.82, 2.24) is 5.32 Å². The molecule has 3 saturated heterocycles. The van der Waals surface area contributed by atoms with Gasteiger partial charge in [0.1, 0.15) is 30.5 Å². The van der Waals surface area contributed by atoms with E-state index in [2.05, 4.69) is 22.8 Å². The van der Waals surface area contributed by atoms with Crippen LogP contribution in [0.15, 0.2) is 48.5 Å². The lowest BCUT2D eigenvalue weighted by molar-refractivity contribution is -0.946. The molecule has 3 atom stereocenters. The van der Waals surface area contributed by atoms with Gasteiger partial charge >= 0.3 is 0 Å². The summed E-state index contributed by atoms with van der Waals surface area (Å²) in [5, 5.41) is 36.0. The largest absolute Gasteiger partial charge is 0.506 e. The first-order chi connectivity index (χ1) is 22.3. The van der Waals surface area contributed by atoms with Gasteiger partial charge in [-0.2, -0.15) is 0 Å². The maximum Gasteiger partial charge on any atom is 0.211 e. The van der Waals surface area contributed by atoms with Gasteiger partial charge in [0.05, 0.1) is 51.3 Å². The van der Waals surface area contributed by atoms with Gasteiger partial charge in [0.2, 0.25) is 6.41 Å². The van der Waals surface area contributed by atoms with Crippen molar-refractivity contribution in [2.75, 3.05) is 78.1 Å². The van der Waals surface area contributed by atoms with E-state index in [9.17, 15) is 20.1 Å². The number of halogens is 1. The standard InChI is InChI=1S/C26H42NO4.C10H14N2O3.ClH/c1-2-29-18-19-30-17-16-27-14-12-22(13-15-27)25(20-27)31-21-26(28,24-10-6-7-11-24)23-8-4-3-5-9-23;1-11-5-10(15)7-2-3-9(14)8(4-7)12-6-13;/h3-5,8-9,22,24-25,28H,2,6-7,10-21H2,1H3;2-4,6,10-11,14-15H,5H2,1H3,(H,12,13);1H/q+1;;/t22?,25-,26+,27?;10-;/m00./s1. The molecule has 10 nitrogen and oxygen atoms in total. The number of nitrogens with zero attached hydrogens (tertiary/aromatic N) is 1. The molecule has 0 spiro atoms. The highest BCUT2D eigenvalue weighted by atomic mass is 35.5. The van der Waals surface area contributed by atoms with Crippen LogP contribution in [0.25, 0.3) is 0 Å². The Bertz CT molecular complexity index is 1180. The van der Waals surface area contributed by atoms with E-state index in [1.807, 2.05) is 25.1 Å². The zero-order chi connectivity index (χ0) is 32.8. The Hall–Kier alpha value is -2.28. The lowest BCUT2D eigenvalue weighted by Gasteiger charge is -2.52. The Kier molecular flexibility index (Phi) is 16.4. The number of aliphatic hydroxyl groups is 2. The van der Waals surface area contributed by atoms with E-state index in [-0.39, 0.29) is 29.9 Å². The molecule has 2 bridgehead atoms. The number of nitrogens with one attached hydrogen (secondary N) is 2. The summed E-state index contributed by atoms with van der Waals surface area (Å²) in [5.41, 5.74) is 1.08. The zero-order valence-corrected chi connectivity index (χ0v) is 29.0. The highest BCUT2D eigenvalue weighted by Crippen LogP contribution is 2.42. The summed E-state index contributed by atoms with van der Waals surface area (Å²) in [5.74, 6) is 0.919. The molecular weight excluding hydrogens is 622 g/mol. The van der Waals surface area contributed by atoms with Crippen LogP contribution >= 0.6 is 12.4 Å². The number of fused-ring (bicyclic) bond motifs is 3. The smallest absolute Gasteiger partial charge is 0.211 e. The maximum absolute atomic E-state index is 11.8. The highest BCUT2D eigenvalue weighted by Gasteiger charge is 2.48. The minimum atomic E-state index is -0.864. The fourth-order valence-electron chi connectivity index (χ4n) is 7.40. The number of phenols is 1. The van der Waals surface area contributed by atoms with Gasteiger partial charge in [-0.05, 0) is 56.0 Å². The molecule has 3 aliphatic heterocycles. The minimum absolute atomic E-state index is 0. The van der Waals surface area contributed by atoms with Crippen LogP contribution < -0.4 is 10.6 Å². The van der Waals surface area contributed by atoms with Crippen molar-refractivity contribution in [2.45, 2.75) is 63.3 Å². The Morgan fingerprint density at radius 3 is 2.38 bits per heavy atom. The van der Waals surface area contributed by atoms with E-state index in [4.69, 9.17) is 14.2 Å². The van der Waals surface area contributed by atoms with Crippen LogP contribution in [0.3, 0.4) is 0 Å². The number of hydrogen-bond donors (Lipinski definition) is 5. The molecule has 1 amide bonds. The van der Waals surface area contributed by atoms with Gasteiger partial charge in [-0.1, -0.05) is 49.2 Å². The second kappa shape index (κ2) is 19.7. The average molecular weight is 679 g/mol. The molecule has 2 aromatic rings. The van der Waals surface area contributed by atoms with Crippen molar-refractivity contribution in [3.05, 3.63) is 59.7 Å². The molecule has 6 rings (SSSR count). The number of amides is 1. The number of aliphatic hydroxyl groups excluding tert-OH is 1. The Labute approximate surface area is 286 Å². The maximum atomic E-state index is 11.8. The monoisotopic (exact) mass is 678 g/mol. The quantitative estimate of drug-likeness (QED) is 0.0722. The van der Waals surface area contributed by atoms with E-state index in [0.717, 1.165) is 49.2 Å². The van der Waals surface area contributed by atoms with Crippen molar-refractivity contribution in [3.63, 3.8) is 0 Å². The summed E-state index contributed by atoms with van der Waals surface area (Å²) in [6.45, 7) is 10.4.